The van der Waals surface area contributed by atoms with Crippen LogP contribution in [0.25, 0.3) is 10.9 Å². The third kappa shape index (κ3) is 2.40. The number of hydrogen-bond acceptors (Lipinski definition) is 4. The highest BCUT2D eigenvalue weighted by atomic mass is 15.3. The molecular formula is C13H14N6. The van der Waals surface area contributed by atoms with E-state index >= 15 is 0 Å². The third-order valence-electron chi connectivity index (χ3n) is 2.85. The van der Waals surface area contributed by atoms with Gasteiger partial charge in [-0.25, -0.2) is 0 Å². The van der Waals surface area contributed by atoms with E-state index in [2.05, 4.69) is 17.5 Å². The molecule has 0 bridgehead atoms. The van der Waals surface area contributed by atoms with Gasteiger partial charge in [0.1, 0.15) is 6.07 Å². The molecule has 96 valence electrons. The van der Waals surface area contributed by atoms with Crippen molar-refractivity contribution in [1.29, 1.82) is 10.7 Å². The number of nitrogens with two attached hydrogens (primary N) is 1. The first-order valence-electron chi connectivity index (χ1n) is 5.67. The van der Waals surface area contributed by atoms with Gasteiger partial charge >= 0.3 is 0 Å². The van der Waals surface area contributed by atoms with E-state index < -0.39 is 0 Å². The Kier molecular flexibility index (Phi) is 3.21. The fraction of sp³-hybridized carbons (Fsp3) is 0.154. The molecule has 0 unspecified atom stereocenters. The lowest BCUT2D eigenvalue weighted by Crippen LogP contribution is -2.21. The maximum absolute atomic E-state index is 8.75. The van der Waals surface area contributed by atoms with Gasteiger partial charge in [0.25, 0.3) is 0 Å². The second-order valence-electron chi connectivity index (χ2n) is 4.25. The summed E-state index contributed by atoms with van der Waals surface area (Å²) in [6, 6.07) is 7.55. The topological polar surface area (TPSA) is 103 Å². The Labute approximate surface area is 110 Å². The minimum absolute atomic E-state index is 0.136. The van der Waals surface area contributed by atoms with Crippen LogP contribution in [-0.4, -0.2) is 16.1 Å². The lowest BCUT2D eigenvalue weighted by Gasteiger charge is -2.03. The number of aromatic nitrogens is 1. The molecule has 0 aliphatic heterocycles. The molecule has 19 heavy (non-hydrogen) atoms. The summed E-state index contributed by atoms with van der Waals surface area (Å²) in [5.41, 5.74) is 10.8. The van der Waals surface area contributed by atoms with Crippen LogP contribution in [-0.2, 0) is 7.05 Å². The number of nitrogens with zero attached hydrogens (tertiary/aromatic N) is 3. The summed E-state index contributed by atoms with van der Waals surface area (Å²) in [5, 5.41) is 20.9. The molecule has 0 aliphatic rings. The molecule has 6 nitrogen and oxygen atoms in total. The summed E-state index contributed by atoms with van der Waals surface area (Å²) >= 11 is 0. The molecule has 0 atom stereocenters. The van der Waals surface area contributed by atoms with Crippen LogP contribution in [0.4, 0.5) is 5.69 Å². The molecule has 0 saturated carbocycles. The van der Waals surface area contributed by atoms with Gasteiger partial charge in [0, 0.05) is 18.6 Å². The van der Waals surface area contributed by atoms with E-state index in [1.165, 1.54) is 10.9 Å². The van der Waals surface area contributed by atoms with Crippen LogP contribution in [0.3, 0.4) is 0 Å². The molecule has 1 heterocycles. The molecule has 0 aliphatic carbocycles. The van der Waals surface area contributed by atoms with Crippen LogP contribution < -0.4 is 11.2 Å². The number of nitriles is 1. The lowest BCUT2D eigenvalue weighted by molar-refractivity contribution is 0.964. The molecule has 0 amide bonds. The van der Waals surface area contributed by atoms with E-state index in [9.17, 15) is 0 Å². The third-order valence-corrected chi connectivity index (χ3v) is 2.85. The van der Waals surface area contributed by atoms with Crippen LogP contribution in [0.1, 0.15) is 5.56 Å². The molecule has 2 aromatic rings. The van der Waals surface area contributed by atoms with Crippen LogP contribution in [0, 0.1) is 23.7 Å². The summed E-state index contributed by atoms with van der Waals surface area (Å²) in [7, 11) is 1.97. The number of hydrogen-bond donors (Lipinski definition) is 3. The maximum Gasteiger partial charge on any atom is 0.201 e. The average molecular weight is 254 g/mol. The first kappa shape index (κ1) is 12.6. The van der Waals surface area contributed by atoms with Crippen molar-refractivity contribution in [1.82, 2.24) is 4.57 Å². The Morgan fingerprint density at radius 1 is 1.53 bits per heavy atom. The van der Waals surface area contributed by atoms with E-state index in [1.807, 2.05) is 36.0 Å². The van der Waals surface area contributed by atoms with Crippen molar-refractivity contribution in [2.45, 2.75) is 6.92 Å². The zero-order chi connectivity index (χ0) is 14.0. The molecule has 0 spiro atoms. The highest BCUT2D eigenvalue weighted by Gasteiger charge is 2.04. The van der Waals surface area contributed by atoms with Gasteiger partial charge in [0.15, 0.2) is 5.84 Å². The SMILES string of the molecule is Cc1cn(C)c2cc(N/N=C(\C#N)C(=N)N)ccc12. The summed E-state index contributed by atoms with van der Waals surface area (Å²) in [5.74, 6) is -0.356. The van der Waals surface area contributed by atoms with Gasteiger partial charge in [-0.15, -0.1) is 0 Å². The number of rotatable bonds is 3. The number of aryl methyl sites for hydroxylation is 2. The van der Waals surface area contributed by atoms with Crippen LogP contribution in [0.15, 0.2) is 29.5 Å². The van der Waals surface area contributed by atoms with Gasteiger partial charge < -0.3 is 10.3 Å². The van der Waals surface area contributed by atoms with Crippen LogP contribution in [0.2, 0.25) is 0 Å². The van der Waals surface area contributed by atoms with Crippen molar-refractivity contribution in [3.63, 3.8) is 0 Å². The monoisotopic (exact) mass is 254 g/mol. The van der Waals surface area contributed by atoms with Crippen molar-refractivity contribution < 1.29 is 0 Å². The zero-order valence-corrected chi connectivity index (χ0v) is 10.7. The highest BCUT2D eigenvalue weighted by Crippen LogP contribution is 2.23. The van der Waals surface area contributed by atoms with E-state index in [0.717, 1.165) is 11.2 Å². The van der Waals surface area contributed by atoms with E-state index in [1.54, 1.807) is 6.07 Å². The Hall–Kier alpha value is -2.81. The van der Waals surface area contributed by atoms with Gasteiger partial charge in [-0.1, -0.05) is 6.07 Å². The summed E-state index contributed by atoms with van der Waals surface area (Å²) in [6.45, 7) is 2.05. The number of amidine groups is 1. The highest BCUT2D eigenvalue weighted by molar-refractivity contribution is 6.45. The molecule has 6 heteroatoms. The first-order chi connectivity index (χ1) is 9.02. The Morgan fingerprint density at radius 3 is 2.89 bits per heavy atom. The quantitative estimate of drug-likeness (QED) is 0.441. The fourth-order valence-electron chi connectivity index (χ4n) is 1.92. The molecule has 4 N–H and O–H groups in total. The molecule has 0 saturated heterocycles. The largest absolute Gasteiger partial charge is 0.382 e. The minimum Gasteiger partial charge on any atom is -0.382 e. The Morgan fingerprint density at radius 2 is 2.26 bits per heavy atom. The van der Waals surface area contributed by atoms with E-state index in [4.69, 9.17) is 16.4 Å². The molecule has 1 aromatic heterocycles. The molecule has 2 rings (SSSR count). The lowest BCUT2D eigenvalue weighted by atomic mass is 10.2. The molecule has 0 radical (unpaired) electrons. The van der Waals surface area contributed by atoms with Crippen molar-refractivity contribution >= 4 is 28.1 Å². The van der Waals surface area contributed by atoms with Crippen molar-refractivity contribution in [3.8, 4) is 6.07 Å². The maximum atomic E-state index is 8.75. The average Bonchev–Trinajstić information content (AvgIpc) is 2.65. The second-order valence-corrected chi connectivity index (χ2v) is 4.25. The van der Waals surface area contributed by atoms with Crippen molar-refractivity contribution in [2.75, 3.05) is 5.43 Å². The van der Waals surface area contributed by atoms with E-state index in [-0.39, 0.29) is 11.5 Å². The van der Waals surface area contributed by atoms with Crippen molar-refractivity contribution in [2.24, 2.45) is 17.9 Å². The van der Waals surface area contributed by atoms with Crippen LogP contribution >= 0.6 is 0 Å². The van der Waals surface area contributed by atoms with E-state index in [0.29, 0.717) is 0 Å². The minimum atomic E-state index is -0.356. The standard InChI is InChI=1S/C13H14N6/c1-8-7-19(2)12-5-9(3-4-10(8)12)17-18-11(6-14)13(15)16/h3-5,7,17H,1-2H3,(H3,15,16)/b18-11+. The molecule has 0 fully saturated rings. The van der Waals surface area contributed by atoms with Crippen LogP contribution in [0.5, 0.6) is 0 Å². The van der Waals surface area contributed by atoms with Gasteiger partial charge in [-0.05, 0) is 24.6 Å². The fourth-order valence-corrected chi connectivity index (χ4v) is 1.92. The predicted molar refractivity (Wildman–Crippen MR) is 76.2 cm³/mol. The summed E-state index contributed by atoms with van der Waals surface area (Å²) in [6.07, 6.45) is 2.05. The Balaban J connectivity index is 2.35. The summed E-state index contributed by atoms with van der Waals surface area (Å²) < 4.78 is 2.02. The number of benzene rings is 1. The summed E-state index contributed by atoms with van der Waals surface area (Å²) in [4.78, 5) is 0. The van der Waals surface area contributed by atoms with Gasteiger partial charge in [-0.3, -0.25) is 10.8 Å². The molecule has 1 aromatic carbocycles. The molecular weight excluding hydrogens is 240 g/mol. The Bertz CT molecular complexity index is 717. The second kappa shape index (κ2) is 4.82. The zero-order valence-electron chi connectivity index (χ0n) is 10.7. The predicted octanol–water partition coefficient (Wildman–Crippen LogP) is 1.71. The first-order valence-corrected chi connectivity index (χ1v) is 5.67. The number of anilines is 1. The normalized spacial score (nSPS) is 11.3. The van der Waals surface area contributed by atoms with Gasteiger partial charge in [0.2, 0.25) is 5.71 Å². The number of nitrogens with one attached hydrogen (secondary N) is 2. The van der Waals surface area contributed by atoms with Gasteiger partial charge in [-0.2, -0.15) is 10.4 Å². The van der Waals surface area contributed by atoms with Gasteiger partial charge in [0.05, 0.1) is 11.2 Å². The number of hydrazone groups is 1. The smallest absolute Gasteiger partial charge is 0.201 e. The van der Waals surface area contributed by atoms with Crippen molar-refractivity contribution in [3.05, 3.63) is 30.0 Å². The number of fused-ring (bicyclic) bond motifs is 1.